The number of rotatable bonds is 0. The van der Waals surface area contributed by atoms with E-state index in [9.17, 15) is 9.18 Å². The molecule has 4 nitrogen and oxygen atoms in total. The van der Waals surface area contributed by atoms with Gasteiger partial charge in [0.2, 0.25) is 0 Å². The van der Waals surface area contributed by atoms with E-state index in [0.29, 0.717) is 6.54 Å². The lowest BCUT2D eigenvalue weighted by atomic mass is 10.2. The molecule has 2 rings (SSSR count). The first-order valence-electron chi connectivity index (χ1n) is 5.16. The van der Waals surface area contributed by atoms with Crippen molar-refractivity contribution >= 4 is 6.09 Å². The molecule has 0 bridgehead atoms. The van der Waals surface area contributed by atoms with Crippen LogP contribution in [0.1, 0.15) is 20.8 Å². The molecule has 2 fully saturated rings. The van der Waals surface area contributed by atoms with Crippen LogP contribution in [0, 0.1) is 5.92 Å². The third-order valence-electron chi connectivity index (χ3n) is 3.00. The van der Waals surface area contributed by atoms with E-state index in [1.807, 2.05) is 0 Å². The molecule has 2 aliphatic rings. The summed E-state index contributed by atoms with van der Waals surface area (Å²) in [6.45, 7) is 5.83. The predicted octanol–water partition coefficient (Wildman–Crippen LogP) is 0.903. The van der Waals surface area contributed by atoms with Gasteiger partial charge in [-0.25, -0.2) is 9.18 Å². The SMILES string of the molecule is CC(C)(C)OC(=O)N1C[C@@H]2[C@@H](N)[C@]2(F)C1. The van der Waals surface area contributed by atoms with Crippen LogP contribution in [0.2, 0.25) is 0 Å². The van der Waals surface area contributed by atoms with E-state index in [2.05, 4.69) is 0 Å². The Morgan fingerprint density at radius 2 is 2.20 bits per heavy atom. The Morgan fingerprint density at radius 3 is 2.60 bits per heavy atom. The molecule has 1 aliphatic carbocycles. The summed E-state index contributed by atoms with van der Waals surface area (Å²) in [6.07, 6.45) is -0.445. The molecule has 0 unspecified atom stereocenters. The number of hydrogen-bond acceptors (Lipinski definition) is 3. The van der Waals surface area contributed by atoms with Crippen molar-refractivity contribution in [3.63, 3.8) is 0 Å². The van der Waals surface area contributed by atoms with Gasteiger partial charge in [0.25, 0.3) is 0 Å². The fourth-order valence-electron chi connectivity index (χ4n) is 2.06. The van der Waals surface area contributed by atoms with Gasteiger partial charge in [0.05, 0.1) is 6.54 Å². The number of likely N-dealkylation sites (tertiary alicyclic amines) is 1. The standard InChI is InChI=1S/C10H17FN2O2/c1-9(2,3)15-8(14)13-4-6-7(12)10(6,11)5-13/h6-7H,4-5,12H2,1-3H3/t6-,7-,10+/m1/s1. The molecule has 1 amide bonds. The van der Waals surface area contributed by atoms with Gasteiger partial charge in [0.15, 0.2) is 0 Å². The molecule has 0 aromatic carbocycles. The van der Waals surface area contributed by atoms with Crippen LogP contribution < -0.4 is 5.73 Å². The van der Waals surface area contributed by atoms with Gasteiger partial charge in [-0.05, 0) is 20.8 Å². The van der Waals surface area contributed by atoms with Crippen LogP contribution in [-0.4, -0.2) is 41.4 Å². The number of fused-ring (bicyclic) bond motifs is 1. The van der Waals surface area contributed by atoms with Crippen LogP contribution >= 0.6 is 0 Å². The molecule has 1 aliphatic heterocycles. The predicted molar refractivity (Wildman–Crippen MR) is 53.1 cm³/mol. The normalized spacial score (nSPS) is 38.9. The second kappa shape index (κ2) is 2.84. The van der Waals surface area contributed by atoms with Gasteiger partial charge in [-0.15, -0.1) is 0 Å². The molecule has 2 N–H and O–H groups in total. The average molecular weight is 216 g/mol. The summed E-state index contributed by atoms with van der Waals surface area (Å²) in [7, 11) is 0. The lowest BCUT2D eigenvalue weighted by Crippen LogP contribution is -2.40. The number of amides is 1. The van der Waals surface area contributed by atoms with Gasteiger partial charge in [-0.2, -0.15) is 0 Å². The van der Waals surface area contributed by atoms with E-state index in [1.54, 1.807) is 20.8 Å². The smallest absolute Gasteiger partial charge is 0.410 e. The third kappa shape index (κ3) is 1.69. The van der Waals surface area contributed by atoms with Crippen LogP contribution in [0.4, 0.5) is 9.18 Å². The summed E-state index contributed by atoms with van der Waals surface area (Å²) >= 11 is 0. The van der Waals surface area contributed by atoms with Gasteiger partial charge in [0.1, 0.15) is 11.3 Å². The Bertz CT molecular complexity index is 302. The van der Waals surface area contributed by atoms with Crippen LogP contribution in [0.3, 0.4) is 0 Å². The summed E-state index contributed by atoms with van der Waals surface area (Å²) in [4.78, 5) is 13.0. The van der Waals surface area contributed by atoms with E-state index in [4.69, 9.17) is 10.5 Å². The highest BCUT2D eigenvalue weighted by Gasteiger charge is 2.70. The molecule has 1 saturated heterocycles. The Labute approximate surface area is 88.6 Å². The zero-order valence-corrected chi connectivity index (χ0v) is 9.29. The van der Waals surface area contributed by atoms with Crippen LogP contribution in [-0.2, 0) is 4.74 Å². The van der Waals surface area contributed by atoms with Crippen molar-refractivity contribution in [2.24, 2.45) is 11.7 Å². The highest BCUT2D eigenvalue weighted by atomic mass is 19.1. The van der Waals surface area contributed by atoms with Crippen molar-refractivity contribution in [3.05, 3.63) is 0 Å². The molecule has 86 valence electrons. The largest absolute Gasteiger partial charge is 0.444 e. The zero-order valence-electron chi connectivity index (χ0n) is 9.29. The number of hydrogen-bond donors (Lipinski definition) is 1. The molecule has 0 radical (unpaired) electrons. The van der Waals surface area contributed by atoms with E-state index >= 15 is 0 Å². The Balaban J connectivity index is 1.91. The number of ether oxygens (including phenoxy) is 1. The molecule has 1 heterocycles. The van der Waals surface area contributed by atoms with E-state index in [0.717, 1.165) is 0 Å². The Hall–Kier alpha value is -0.840. The topological polar surface area (TPSA) is 55.6 Å². The fraction of sp³-hybridized carbons (Fsp3) is 0.900. The highest BCUT2D eigenvalue weighted by Crippen LogP contribution is 2.51. The van der Waals surface area contributed by atoms with Crippen molar-refractivity contribution in [1.29, 1.82) is 0 Å². The number of piperidine rings is 1. The van der Waals surface area contributed by atoms with E-state index in [-0.39, 0.29) is 12.5 Å². The number of nitrogens with two attached hydrogens (primary N) is 1. The summed E-state index contributed by atoms with van der Waals surface area (Å²) in [5.41, 5.74) is 3.66. The minimum absolute atomic E-state index is 0.0771. The summed E-state index contributed by atoms with van der Waals surface area (Å²) in [6, 6.07) is -0.392. The van der Waals surface area contributed by atoms with Crippen molar-refractivity contribution in [3.8, 4) is 0 Å². The average Bonchev–Trinajstić information content (AvgIpc) is 2.43. The van der Waals surface area contributed by atoms with E-state index in [1.165, 1.54) is 4.90 Å². The van der Waals surface area contributed by atoms with Crippen molar-refractivity contribution in [1.82, 2.24) is 4.90 Å². The molecular formula is C10H17FN2O2. The van der Waals surface area contributed by atoms with Gasteiger partial charge in [0, 0.05) is 18.5 Å². The van der Waals surface area contributed by atoms with Crippen molar-refractivity contribution in [2.75, 3.05) is 13.1 Å². The number of nitrogens with zero attached hydrogens (tertiary/aromatic N) is 1. The van der Waals surface area contributed by atoms with Gasteiger partial charge in [-0.3, -0.25) is 0 Å². The lowest BCUT2D eigenvalue weighted by molar-refractivity contribution is 0.0249. The monoisotopic (exact) mass is 216 g/mol. The lowest BCUT2D eigenvalue weighted by Gasteiger charge is -2.25. The van der Waals surface area contributed by atoms with Gasteiger partial charge >= 0.3 is 6.09 Å². The highest BCUT2D eigenvalue weighted by molar-refractivity contribution is 5.69. The summed E-state index contributed by atoms with van der Waals surface area (Å²) in [5.74, 6) is -0.190. The number of carbonyl (C=O) groups is 1. The molecule has 0 aromatic rings. The number of carbonyl (C=O) groups excluding carboxylic acids is 1. The van der Waals surface area contributed by atoms with Crippen LogP contribution in [0.5, 0.6) is 0 Å². The molecule has 1 saturated carbocycles. The Morgan fingerprint density at radius 1 is 1.60 bits per heavy atom. The molecule has 0 aromatic heterocycles. The first-order chi connectivity index (χ1) is 6.74. The maximum absolute atomic E-state index is 13.7. The second-order valence-corrected chi connectivity index (χ2v) is 5.42. The van der Waals surface area contributed by atoms with Crippen LogP contribution in [0.25, 0.3) is 0 Å². The molecule has 3 atom stereocenters. The maximum atomic E-state index is 13.7. The summed E-state index contributed by atoms with van der Waals surface area (Å²) < 4.78 is 18.9. The minimum atomic E-state index is -1.35. The molecule has 15 heavy (non-hydrogen) atoms. The van der Waals surface area contributed by atoms with Crippen LogP contribution in [0.15, 0.2) is 0 Å². The number of halogens is 1. The zero-order chi connectivity index (χ0) is 11.4. The van der Waals surface area contributed by atoms with Gasteiger partial charge in [-0.1, -0.05) is 0 Å². The fourth-order valence-corrected chi connectivity index (χ4v) is 2.06. The molecular weight excluding hydrogens is 199 g/mol. The molecule has 5 heteroatoms. The molecule has 0 spiro atoms. The minimum Gasteiger partial charge on any atom is -0.444 e. The summed E-state index contributed by atoms with van der Waals surface area (Å²) in [5, 5.41) is 0. The third-order valence-corrected chi connectivity index (χ3v) is 3.00. The second-order valence-electron chi connectivity index (χ2n) is 5.42. The quantitative estimate of drug-likeness (QED) is 0.654. The van der Waals surface area contributed by atoms with E-state index < -0.39 is 23.4 Å². The van der Waals surface area contributed by atoms with Crippen molar-refractivity contribution < 1.29 is 13.9 Å². The van der Waals surface area contributed by atoms with Gasteiger partial charge < -0.3 is 15.4 Å². The Kier molecular flexibility index (Phi) is 2.02. The van der Waals surface area contributed by atoms with Crippen molar-refractivity contribution in [2.45, 2.75) is 38.1 Å². The first-order valence-corrected chi connectivity index (χ1v) is 5.16. The maximum Gasteiger partial charge on any atom is 0.410 e. The first kappa shape index (κ1) is 10.7. The number of alkyl halides is 1.